The summed E-state index contributed by atoms with van der Waals surface area (Å²) in [6.45, 7) is 0.485. The number of benzene rings is 3. The number of carbonyl (C=O) groups excluding carboxylic acids is 2. The van der Waals surface area contributed by atoms with Gasteiger partial charge >= 0.3 is 0 Å². The quantitative estimate of drug-likeness (QED) is 0.326. The van der Waals surface area contributed by atoms with Gasteiger partial charge in [0, 0.05) is 24.9 Å². The van der Waals surface area contributed by atoms with Crippen molar-refractivity contribution in [1.29, 1.82) is 0 Å². The first-order chi connectivity index (χ1) is 16.4. The molecule has 0 aliphatic carbocycles. The number of nitrogens with one attached hydrogen (secondary N) is 1. The standard InChI is InChI=1S/C26H18Cl3N3O2/c27-19-8-2-1-7-17(19)25(33)30-22-15-20(28)18(14-21(22)29)26(34)32-13-11-16-6-5-12-31(16)23-9-3-4-10-24(23)32/h1-10,12,14-15H,11,13H2,(H,30,33). The van der Waals surface area contributed by atoms with E-state index in [2.05, 4.69) is 9.88 Å². The lowest BCUT2D eigenvalue weighted by molar-refractivity contribution is 0.0986. The van der Waals surface area contributed by atoms with Crippen LogP contribution >= 0.6 is 34.8 Å². The van der Waals surface area contributed by atoms with Crippen molar-refractivity contribution in [2.45, 2.75) is 6.42 Å². The second-order valence-corrected chi connectivity index (χ2v) is 9.03. The number of carbonyl (C=O) groups is 2. The van der Waals surface area contributed by atoms with E-state index in [1.165, 1.54) is 12.1 Å². The van der Waals surface area contributed by atoms with Crippen molar-refractivity contribution in [3.05, 3.63) is 111 Å². The summed E-state index contributed by atoms with van der Waals surface area (Å²) in [5.74, 6) is -0.694. The van der Waals surface area contributed by atoms with Crippen molar-refractivity contribution in [3.8, 4) is 5.69 Å². The number of para-hydroxylation sites is 2. The van der Waals surface area contributed by atoms with Gasteiger partial charge in [-0.25, -0.2) is 0 Å². The van der Waals surface area contributed by atoms with Crippen LogP contribution in [0.1, 0.15) is 26.4 Å². The molecule has 5 rings (SSSR count). The van der Waals surface area contributed by atoms with Gasteiger partial charge in [-0.1, -0.05) is 59.1 Å². The number of hydrogen-bond acceptors (Lipinski definition) is 2. The number of fused-ring (bicyclic) bond motifs is 3. The molecule has 4 aromatic rings. The first-order valence-corrected chi connectivity index (χ1v) is 11.7. The fourth-order valence-electron chi connectivity index (χ4n) is 4.10. The molecule has 0 atom stereocenters. The molecule has 0 spiro atoms. The van der Waals surface area contributed by atoms with Crippen LogP contribution in [0.2, 0.25) is 15.1 Å². The van der Waals surface area contributed by atoms with Crippen molar-refractivity contribution in [1.82, 2.24) is 4.57 Å². The molecule has 1 aliphatic heterocycles. The van der Waals surface area contributed by atoms with Gasteiger partial charge in [0.25, 0.3) is 11.8 Å². The lowest BCUT2D eigenvalue weighted by atomic mass is 10.1. The maximum absolute atomic E-state index is 13.6. The molecule has 0 radical (unpaired) electrons. The molecule has 0 unspecified atom stereocenters. The van der Waals surface area contributed by atoms with E-state index < -0.39 is 5.91 Å². The summed E-state index contributed by atoms with van der Waals surface area (Å²) in [6.07, 6.45) is 2.67. The third kappa shape index (κ3) is 4.07. The van der Waals surface area contributed by atoms with E-state index in [-0.39, 0.29) is 21.5 Å². The molecule has 2 amide bonds. The number of nitrogens with zero attached hydrogens (tertiary/aromatic N) is 2. The highest BCUT2D eigenvalue weighted by Crippen LogP contribution is 2.34. The van der Waals surface area contributed by atoms with E-state index in [1.54, 1.807) is 29.2 Å². The number of rotatable bonds is 3. The zero-order valence-electron chi connectivity index (χ0n) is 17.8. The minimum atomic E-state index is -0.425. The largest absolute Gasteiger partial charge is 0.321 e. The molecular formula is C26H18Cl3N3O2. The Labute approximate surface area is 211 Å². The normalized spacial score (nSPS) is 12.5. The SMILES string of the molecule is O=C(Nc1cc(Cl)c(C(=O)N2CCc3cccn3-c3ccccc32)cc1Cl)c1ccccc1Cl. The predicted molar refractivity (Wildman–Crippen MR) is 137 cm³/mol. The fraction of sp³-hybridized carbons (Fsp3) is 0.0769. The van der Waals surface area contributed by atoms with Crippen LogP contribution in [-0.4, -0.2) is 22.9 Å². The third-order valence-electron chi connectivity index (χ3n) is 5.76. The van der Waals surface area contributed by atoms with Crippen LogP contribution < -0.4 is 10.2 Å². The van der Waals surface area contributed by atoms with Gasteiger partial charge < -0.3 is 14.8 Å². The summed E-state index contributed by atoms with van der Waals surface area (Å²) < 4.78 is 2.09. The van der Waals surface area contributed by atoms with Gasteiger partial charge in [-0.05, 0) is 48.5 Å². The Morgan fingerprint density at radius 1 is 0.765 bits per heavy atom. The summed E-state index contributed by atoms with van der Waals surface area (Å²) in [4.78, 5) is 28.0. The van der Waals surface area contributed by atoms with Crippen molar-refractivity contribution in [3.63, 3.8) is 0 Å². The maximum Gasteiger partial charge on any atom is 0.259 e. The van der Waals surface area contributed by atoms with Gasteiger partial charge in [0.2, 0.25) is 0 Å². The van der Waals surface area contributed by atoms with Gasteiger partial charge in [-0.15, -0.1) is 0 Å². The Morgan fingerprint density at radius 3 is 2.29 bits per heavy atom. The van der Waals surface area contributed by atoms with Gasteiger partial charge in [-0.3, -0.25) is 9.59 Å². The highest BCUT2D eigenvalue weighted by molar-refractivity contribution is 6.39. The molecule has 2 heterocycles. The molecule has 1 aliphatic rings. The van der Waals surface area contributed by atoms with E-state index in [4.69, 9.17) is 34.8 Å². The van der Waals surface area contributed by atoms with Crippen LogP contribution in [0.5, 0.6) is 0 Å². The van der Waals surface area contributed by atoms with Crippen LogP contribution in [0, 0.1) is 0 Å². The van der Waals surface area contributed by atoms with Crippen molar-refractivity contribution < 1.29 is 9.59 Å². The zero-order valence-corrected chi connectivity index (χ0v) is 20.0. The fourth-order valence-corrected chi connectivity index (χ4v) is 4.77. The predicted octanol–water partition coefficient (Wildman–Crippen LogP) is 6.89. The molecule has 1 aromatic heterocycles. The van der Waals surface area contributed by atoms with Crippen LogP contribution in [0.15, 0.2) is 79.0 Å². The molecule has 8 heteroatoms. The highest BCUT2D eigenvalue weighted by atomic mass is 35.5. The zero-order chi connectivity index (χ0) is 23.8. The number of anilines is 2. The van der Waals surface area contributed by atoms with Crippen LogP contribution in [0.4, 0.5) is 11.4 Å². The molecular weight excluding hydrogens is 493 g/mol. The Bertz CT molecular complexity index is 1430. The monoisotopic (exact) mass is 509 g/mol. The van der Waals surface area contributed by atoms with E-state index >= 15 is 0 Å². The maximum atomic E-state index is 13.6. The topological polar surface area (TPSA) is 54.3 Å². The minimum Gasteiger partial charge on any atom is -0.321 e. The minimum absolute atomic E-state index is 0.185. The summed E-state index contributed by atoms with van der Waals surface area (Å²) in [6, 6.07) is 21.4. The van der Waals surface area contributed by atoms with Crippen LogP contribution in [-0.2, 0) is 6.42 Å². The van der Waals surface area contributed by atoms with Crippen LogP contribution in [0.25, 0.3) is 5.69 Å². The Kier molecular flexibility index (Phi) is 6.09. The van der Waals surface area contributed by atoms with Crippen molar-refractivity contribution in [2.75, 3.05) is 16.8 Å². The van der Waals surface area contributed by atoms with Crippen molar-refractivity contribution in [2.24, 2.45) is 0 Å². The second-order valence-electron chi connectivity index (χ2n) is 7.81. The molecule has 0 fully saturated rings. The third-order valence-corrected chi connectivity index (χ3v) is 6.71. The molecule has 0 saturated carbocycles. The smallest absolute Gasteiger partial charge is 0.259 e. The Hall–Kier alpha value is -3.25. The van der Waals surface area contributed by atoms with Gasteiger partial charge in [0.05, 0.1) is 43.3 Å². The number of hydrogen-bond donors (Lipinski definition) is 1. The Balaban J connectivity index is 1.46. The van der Waals surface area contributed by atoms with E-state index in [1.807, 2.05) is 42.6 Å². The number of halogens is 3. The molecule has 170 valence electrons. The molecule has 0 bridgehead atoms. The summed E-state index contributed by atoms with van der Waals surface area (Å²) in [5.41, 5.74) is 3.67. The van der Waals surface area contributed by atoms with Gasteiger partial charge in [0.15, 0.2) is 0 Å². The van der Waals surface area contributed by atoms with Gasteiger partial charge in [-0.2, -0.15) is 0 Å². The molecule has 5 nitrogen and oxygen atoms in total. The summed E-state index contributed by atoms with van der Waals surface area (Å²) in [5, 5.41) is 3.42. The average molecular weight is 511 g/mol. The number of amides is 2. The molecule has 34 heavy (non-hydrogen) atoms. The first kappa shape index (κ1) is 22.5. The Morgan fingerprint density at radius 2 is 1.50 bits per heavy atom. The van der Waals surface area contributed by atoms with Crippen molar-refractivity contribution >= 4 is 58.0 Å². The second kappa shape index (κ2) is 9.18. The number of aromatic nitrogens is 1. The molecule has 3 aromatic carbocycles. The van der Waals surface area contributed by atoms with Gasteiger partial charge in [0.1, 0.15) is 0 Å². The lowest BCUT2D eigenvalue weighted by Crippen LogP contribution is -2.32. The van der Waals surface area contributed by atoms with E-state index in [0.717, 1.165) is 17.1 Å². The molecule has 0 saturated heterocycles. The lowest BCUT2D eigenvalue weighted by Gasteiger charge is -2.24. The van der Waals surface area contributed by atoms with E-state index in [0.29, 0.717) is 29.2 Å². The van der Waals surface area contributed by atoms with E-state index in [9.17, 15) is 9.59 Å². The summed E-state index contributed by atoms with van der Waals surface area (Å²) >= 11 is 19.1. The van der Waals surface area contributed by atoms with Crippen LogP contribution in [0.3, 0.4) is 0 Å². The first-order valence-electron chi connectivity index (χ1n) is 10.6. The molecule has 1 N–H and O–H groups in total. The summed E-state index contributed by atoms with van der Waals surface area (Å²) in [7, 11) is 0. The average Bonchev–Trinajstić information content (AvgIpc) is 3.24. The highest BCUT2D eigenvalue weighted by Gasteiger charge is 2.27.